The maximum atomic E-state index is 10.9. The third-order valence-electron chi connectivity index (χ3n) is 4.93. The van der Waals surface area contributed by atoms with E-state index in [-0.39, 0.29) is 5.92 Å². The molecule has 0 spiro atoms. The van der Waals surface area contributed by atoms with Crippen LogP contribution in [-0.4, -0.2) is 57.5 Å². The van der Waals surface area contributed by atoms with E-state index in [9.17, 15) is 15.0 Å². The second-order valence-corrected chi connectivity index (χ2v) is 6.94. The molecule has 0 saturated heterocycles. The van der Waals surface area contributed by atoms with Crippen LogP contribution in [0, 0.1) is 5.92 Å². The van der Waals surface area contributed by atoms with Crippen molar-refractivity contribution in [1.29, 1.82) is 0 Å². The molecular weight excluding hydrogens is 258 g/mol. The minimum atomic E-state index is -0.796. The Morgan fingerprint density at radius 1 is 1.05 bits per heavy atom. The molecule has 0 unspecified atom stereocenters. The van der Waals surface area contributed by atoms with Gasteiger partial charge in [0.2, 0.25) is 0 Å². The zero-order chi connectivity index (χ0) is 14.8. The van der Waals surface area contributed by atoms with Gasteiger partial charge in [-0.15, -0.1) is 0 Å². The normalized spacial score (nSPS) is 33.5. The first-order valence-corrected chi connectivity index (χ1v) is 7.68. The lowest BCUT2D eigenvalue weighted by Crippen LogP contribution is -2.49. The Morgan fingerprint density at radius 3 is 1.95 bits per heavy atom. The highest BCUT2D eigenvalue weighted by molar-refractivity contribution is 5.70. The predicted molar refractivity (Wildman–Crippen MR) is 75.5 cm³/mol. The highest BCUT2D eigenvalue weighted by atomic mass is 16.4. The molecule has 2 rings (SSSR count). The molecule has 20 heavy (non-hydrogen) atoms. The topological polar surface area (TPSA) is 81.0 Å². The molecule has 0 aromatic heterocycles. The van der Waals surface area contributed by atoms with E-state index >= 15 is 0 Å². The number of hydrogen-bond donors (Lipinski definition) is 3. The summed E-state index contributed by atoms with van der Waals surface area (Å²) in [6, 6.07) is 0. The Balaban J connectivity index is 1.81. The Bertz CT molecular complexity index is 344. The number of nitrogens with zero attached hydrogens (tertiary/aromatic N) is 1. The molecule has 0 radical (unpaired) electrons. The number of rotatable bonds is 5. The van der Waals surface area contributed by atoms with Crippen molar-refractivity contribution in [1.82, 2.24) is 4.90 Å². The summed E-state index contributed by atoms with van der Waals surface area (Å²) >= 11 is 0. The summed E-state index contributed by atoms with van der Waals surface area (Å²) in [5.74, 6) is -1.06. The molecular formula is C15H27NO4. The van der Waals surface area contributed by atoms with Gasteiger partial charge in [-0.2, -0.15) is 0 Å². The Morgan fingerprint density at radius 2 is 1.50 bits per heavy atom. The zero-order valence-electron chi connectivity index (χ0n) is 12.3. The van der Waals surface area contributed by atoms with Gasteiger partial charge in [-0.3, -0.25) is 4.79 Å². The van der Waals surface area contributed by atoms with E-state index in [2.05, 4.69) is 0 Å². The van der Waals surface area contributed by atoms with E-state index in [1.54, 1.807) is 0 Å². The van der Waals surface area contributed by atoms with Gasteiger partial charge in [-0.25, -0.2) is 0 Å². The number of carboxylic acids is 1. The van der Waals surface area contributed by atoms with Gasteiger partial charge in [0.25, 0.3) is 0 Å². The van der Waals surface area contributed by atoms with Crippen molar-refractivity contribution in [2.24, 2.45) is 5.92 Å². The quantitative estimate of drug-likeness (QED) is 0.708. The highest BCUT2D eigenvalue weighted by Crippen LogP contribution is 2.34. The van der Waals surface area contributed by atoms with Gasteiger partial charge in [0.1, 0.15) is 0 Å². The number of carboxylic acid groups (broad SMARTS) is 1. The SMILES string of the molecule is CN(CC1(O)CCCC1)CC1(O)CCC(C(=O)O)CC1. The lowest BCUT2D eigenvalue weighted by molar-refractivity contribution is -0.145. The van der Waals surface area contributed by atoms with Gasteiger partial charge in [0.15, 0.2) is 0 Å². The van der Waals surface area contributed by atoms with Gasteiger partial charge in [-0.05, 0) is 45.6 Å². The van der Waals surface area contributed by atoms with Crippen molar-refractivity contribution in [2.45, 2.75) is 62.6 Å². The van der Waals surface area contributed by atoms with Gasteiger partial charge >= 0.3 is 5.97 Å². The molecule has 0 amide bonds. The van der Waals surface area contributed by atoms with Gasteiger partial charge in [0.05, 0.1) is 17.1 Å². The van der Waals surface area contributed by atoms with E-state index in [0.717, 1.165) is 25.7 Å². The number of carbonyl (C=O) groups is 1. The highest BCUT2D eigenvalue weighted by Gasteiger charge is 2.38. The molecule has 0 bridgehead atoms. The van der Waals surface area contributed by atoms with Crippen LogP contribution in [0.25, 0.3) is 0 Å². The van der Waals surface area contributed by atoms with E-state index in [0.29, 0.717) is 38.8 Å². The molecule has 3 N–H and O–H groups in total. The summed E-state index contributed by atoms with van der Waals surface area (Å²) in [4.78, 5) is 12.9. The molecule has 5 nitrogen and oxygen atoms in total. The van der Waals surface area contributed by atoms with Crippen LogP contribution in [0.2, 0.25) is 0 Å². The van der Waals surface area contributed by atoms with E-state index in [1.807, 2.05) is 11.9 Å². The van der Waals surface area contributed by atoms with Crippen LogP contribution in [-0.2, 0) is 4.79 Å². The molecule has 0 atom stereocenters. The number of aliphatic hydroxyl groups is 2. The first kappa shape index (κ1) is 15.7. The molecule has 2 aliphatic rings. The van der Waals surface area contributed by atoms with Crippen LogP contribution in [0.1, 0.15) is 51.4 Å². The molecule has 5 heteroatoms. The van der Waals surface area contributed by atoms with Crippen molar-refractivity contribution in [2.75, 3.05) is 20.1 Å². The van der Waals surface area contributed by atoms with E-state index in [1.165, 1.54) is 0 Å². The first-order valence-electron chi connectivity index (χ1n) is 7.68. The van der Waals surface area contributed by atoms with Crippen LogP contribution in [0.15, 0.2) is 0 Å². The smallest absolute Gasteiger partial charge is 0.306 e. The first-order chi connectivity index (χ1) is 9.32. The lowest BCUT2D eigenvalue weighted by Gasteiger charge is -2.39. The molecule has 2 saturated carbocycles. The van der Waals surface area contributed by atoms with Crippen LogP contribution >= 0.6 is 0 Å². The molecule has 2 aliphatic carbocycles. The third-order valence-corrected chi connectivity index (χ3v) is 4.93. The minimum Gasteiger partial charge on any atom is -0.481 e. The number of hydrogen-bond acceptors (Lipinski definition) is 4. The summed E-state index contributed by atoms with van der Waals surface area (Å²) in [6.07, 6.45) is 6.00. The molecule has 2 fully saturated rings. The molecule has 116 valence electrons. The molecule has 0 aliphatic heterocycles. The lowest BCUT2D eigenvalue weighted by atomic mass is 9.78. The Kier molecular flexibility index (Phi) is 4.72. The summed E-state index contributed by atoms with van der Waals surface area (Å²) in [5.41, 5.74) is -1.39. The van der Waals surface area contributed by atoms with Crippen molar-refractivity contribution >= 4 is 5.97 Å². The standard InChI is InChI=1S/C15H27NO4/c1-16(10-14(19)6-2-3-7-14)11-15(20)8-4-12(5-9-15)13(17)18/h12,19-20H,2-11H2,1H3,(H,17,18). The fourth-order valence-corrected chi connectivity index (χ4v) is 3.81. The minimum absolute atomic E-state index is 0.306. The van der Waals surface area contributed by atoms with Crippen molar-refractivity contribution in [3.8, 4) is 0 Å². The average molecular weight is 285 g/mol. The summed E-state index contributed by atoms with van der Waals surface area (Å²) in [7, 11) is 1.93. The van der Waals surface area contributed by atoms with Crippen LogP contribution in [0.3, 0.4) is 0 Å². The van der Waals surface area contributed by atoms with Crippen molar-refractivity contribution in [3.63, 3.8) is 0 Å². The van der Waals surface area contributed by atoms with E-state index in [4.69, 9.17) is 5.11 Å². The summed E-state index contributed by atoms with van der Waals surface area (Å²) in [5, 5.41) is 30.0. The molecule has 0 heterocycles. The van der Waals surface area contributed by atoms with Crippen molar-refractivity contribution in [3.05, 3.63) is 0 Å². The van der Waals surface area contributed by atoms with E-state index < -0.39 is 17.2 Å². The number of aliphatic carboxylic acids is 1. The average Bonchev–Trinajstić information content (AvgIpc) is 2.75. The maximum absolute atomic E-state index is 10.9. The zero-order valence-corrected chi connectivity index (χ0v) is 12.3. The fraction of sp³-hybridized carbons (Fsp3) is 0.933. The second-order valence-electron chi connectivity index (χ2n) is 6.94. The maximum Gasteiger partial charge on any atom is 0.306 e. The van der Waals surface area contributed by atoms with Gasteiger partial charge < -0.3 is 20.2 Å². The van der Waals surface area contributed by atoms with Crippen LogP contribution < -0.4 is 0 Å². The molecule has 0 aromatic rings. The van der Waals surface area contributed by atoms with Crippen molar-refractivity contribution < 1.29 is 20.1 Å². The summed E-state index contributed by atoms with van der Waals surface area (Å²) in [6.45, 7) is 1.11. The van der Waals surface area contributed by atoms with Gasteiger partial charge in [0, 0.05) is 13.1 Å². The van der Waals surface area contributed by atoms with Crippen LogP contribution in [0.4, 0.5) is 0 Å². The largest absolute Gasteiger partial charge is 0.481 e. The van der Waals surface area contributed by atoms with Gasteiger partial charge in [-0.1, -0.05) is 12.8 Å². The molecule has 0 aromatic carbocycles. The Labute approximate surface area is 120 Å². The van der Waals surface area contributed by atoms with Crippen LogP contribution in [0.5, 0.6) is 0 Å². The predicted octanol–water partition coefficient (Wildman–Crippen LogP) is 1.23. The third kappa shape index (κ3) is 3.93. The number of likely N-dealkylation sites (N-methyl/N-ethyl adjacent to an activating group) is 1. The Hall–Kier alpha value is -0.650. The summed E-state index contributed by atoms with van der Waals surface area (Å²) < 4.78 is 0. The monoisotopic (exact) mass is 285 g/mol. The second kappa shape index (κ2) is 6.00. The fourth-order valence-electron chi connectivity index (χ4n) is 3.81.